The number of hydrogen-bond acceptors (Lipinski definition) is 4. The van der Waals surface area contributed by atoms with Gasteiger partial charge in [-0.05, 0) is 68.7 Å². The lowest BCUT2D eigenvalue weighted by Gasteiger charge is -2.24. The highest BCUT2D eigenvalue weighted by Crippen LogP contribution is 2.26. The van der Waals surface area contributed by atoms with Crippen LogP contribution >= 0.6 is 0 Å². The van der Waals surface area contributed by atoms with Crippen molar-refractivity contribution in [3.63, 3.8) is 0 Å². The molecular formula is C27H29N3O4. The van der Waals surface area contributed by atoms with E-state index < -0.39 is 17.6 Å². The van der Waals surface area contributed by atoms with Crippen molar-refractivity contribution in [2.75, 3.05) is 10.6 Å². The molecule has 0 saturated carbocycles. The van der Waals surface area contributed by atoms with Crippen LogP contribution in [-0.4, -0.2) is 23.5 Å². The lowest BCUT2D eigenvalue weighted by atomic mass is 9.91. The molecule has 7 heteroatoms. The summed E-state index contributed by atoms with van der Waals surface area (Å²) < 4.78 is 5.67. The van der Waals surface area contributed by atoms with Gasteiger partial charge in [0.25, 0.3) is 5.91 Å². The molecule has 3 aromatic rings. The van der Waals surface area contributed by atoms with Gasteiger partial charge in [0.1, 0.15) is 5.60 Å². The first-order chi connectivity index (χ1) is 16.1. The first-order valence-corrected chi connectivity index (χ1v) is 11.0. The number of primary amides is 1. The van der Waals surface area contributed by atoms with Gasteiger partial charge in [0.2, 0.25) is 0 Å². The minimum atomic E-state index is -0.705. The molecule has 34 heavy (non-hydrogen) atoms. The zero-order valence-electron chi connectivity index (χ0n) is 19.5. The average Bonchev–Trinajstić information content (AvgIpc) is 2.77. The quantitative estimate of drug-likeness (QED) is 0.427. The Kier molecular flexibility index (Phi) is 7.68. The van der Waals surface area contributed by atoms with Gasteiger partial charge in [-0.1, -0.05) is 48.5 Å². The molecule has 0 fully saturated rings. The Morgan fingerprint density at radius 2 is 1.50 bits per heavy atom. The standard InChI is InChI=1S/C27H29N3O4/c1-27(2,3)34-25(32)23(19-10-5-4-6-11-19)16-18-9-7-13-21(15-18)29-24(31)20-12-8-14-22(17-20)30-26(28)33/h4-15,17,23H,16H2,1-3H3,(H,29,31)(H3,28,30,33). The maximum atomic E-state index is 13.0. The summed E-state index contributed by atoms with van der Waals surface area (Å²) in [5, 5.41) is 5.31. The smallest absolute Gasteiger partial charge is 0.316 e. The molecule has 0 radical (unpaired) electrons. The van der Waals surface area contributed by atoms with Crippen molar-refractivity contribution >= 4 is 29.3 Å². The van der Waals surface area contributed by atoms with Crippen LogP contribution in [0.1, 0.15) is 48.2 Å². The van der Waals surface area contributed by atoms with E-state index in [1.54, 1.807) is 24.3 Å². The number of urea groups is 1. The molecule has 0 aliphatic rings. The molecule has 0 aliphatic carbocycles. The van der Waals surface area contributed by atoms with Gasteiger partial charge >= 0.3 is 12.0 Å². The summed E-state index contributed by atoms with van der Waals surface area (Å²) >= 11 is 0. The van der Waals surface area contributed by atoms with E-state index in [4.69, 9.17) is 10.5 Å². The van der Waals surface area contributed by atoms with Gasteiger partial charge in [-0.2, -0.15) is 0 Å². The number of anilines is 2. The van der Waals surface area contributed by atoms with Crippen molar-refractivity contribution in [1.29, 1.82) is 0 Å². The van der Waals surface area contributed by atoms with Crippen LogP contribution in [0.4, 0.5) is 16.2 Å². The Morgan fingerprint density at radius 3 is 2.15 bits per heavy atom. The molecule has 176 valence electrons. The number of nitrogens with one attached hydrogen (secondary N) is 2. The third kappa shape index (κ3) is 7.20. The number of rotatable bonds is 7. The van der Waals surface area contributed by atoms with Gasteiger partial charge in [-0.3, -0.25) is 9.59 Å². The monoisotopic (exact) mass is 459 g/mol. The van der Waals surface area contributed by atoms with Crippen molar-refractivity contribution < 1.29 is 19.1 Å². The Morgan fingerprint density at radius 1 is 0.853 bits per heavy atom. The Hall–Kier alpha value is -4.13. The lowest BCUT2D eigenvalue weighted by Crippen LogP contribution is -2.28. The van der Waals surface area contributed by atoms with E-state index in [9.17, 15) is 14.4 Å². The van der Waals surface area contributed by atoms with Crippen LogP contribution in [0.2, 0.25) is 0 Å². The van der Waals surface area contributed by atoms with E-state index >= 15 is 0 Å². The fraction of sp³-hybridized carbons (Fsp3) is 0.222. The summed E-state index contributed by atoms with van der Waals surface area (Å²) in [7, 11) is 0. The molecule has 0 heterocycles. The predicted octanol–water partition coefficient (Wildman–Crippen LogP) is 5.10. The molecule has 3 aromatic carbocycles. The van der Waals surface area contributed by atoms with E-state index in [2.05, 4.69) is 10.6 Å². The van der Waals surface area contributed by atoms with Crippen molar-refractivity contribution in [2.24, 2.45) is 5.73 Å². The number of amides is 3. The number of carbonyl (C=O) groups excluding carboxylic acids is 3. The fourth-order valence-corrected chi connectivity index (χ4v) is 3.49. The molecule has 3 rings (SSSR count). The van der Waals surface area contributed by atoms with E-state index in [0.717, 1.165) is 11.1 Å². The summed E-state index contributed by atoms with van der Waals surface area (Å²) in [5.41, 5.74) is 7.67. The first kappa shape index (κ1) is 24.5. The highest BCUT2D eigenvalue weighted by Gasteiger charge is 2.27. The second-order valence-electron chi connectivity index (χ2n) is 8.93. The van der Waals surface area contributed by atoms with E-state index in [0.29, 0.717) is 23.4 Å². The van der Waals surface area contributed by atoms with Gasteiger partial charge in [0, 0.05) is 16.9 Å². The van der Waals surface area contributed by atoms with Crippen molar-refractivity contribution in [3.8, 4) is 0 Å². The normalized spacial score (nSPS) is 11.9. The van der Waals surface area contributed by atoms with Crippen LogP contribution in [0.5, 0.6) is 0 Å². The van der Waals surface area contributed by atoms with Crippen LogP contribution in [0.3, 0.4) is 0 Å². The van der Waals surface area contributed by atoms with Crippen LogP contribution in [-0.2, 0) is 16.0 Å². The molecule has 0 aliphatic heterocycles. The molecule has 0 bridgehead atoms. The van der Waals surface area contributed by atoms with E-state index in [1.807, 2.05) is 69.3 Å². The molecule has 3 amide bonds. The molecule has 7 nitrogen and oxygen atoms in total. The SMILES string of the molecule is CC(C)(C)OC(=O)C(Cc1cccc(NC(=O)c2cccc(NC(N)=O)c2)c1)c1ccccc1. The lowest BCUT2D eigenvalue weighted by molar-refractivity contribution is -0.156. The fourth-order valence-electron chi connectivity index (χ4n) is 3.49. The maximum Gasteiger partial charge on any atom is 0.316 e. The van der Waals surface area contributed by atoms with Crippen LogP contribution in [0.15, 0.2) is 78.9 Å². The van der Waals surface area contributed by atoms with Gasteiger partial charge in [0.15, 0.2) is 0 Å². The van der Waals surface area contributed by atoms with E-state index in [-0.39, 0.29) is 11.9 Å². The van der Waals surface area contributed by atoms with Gasteiger partial charge in [-0.15, -0.1) is 0 Å². The highest BCUT2D eigenvalue weighted by molar-refractivity contribution is 6.05. The molecule has 0 aromatic heterocycles. The van der Waals surface area contributed by atoms with E-state index in [1.165, 1.54) is 6.07 Å². The maximum absolute atomic E-state index is 13.0. The van der Waals surface area contributed by atoms with Crippen molar-refractivity contribution in [1.82, 2.24) is 0 Å². The van der Waals surface area contributed by atoms with Gasteiger partial charge in [-0.25, -0.2) is 4.79 Å². The number of hydrogen-bond donors (Lipinski definition) is 3. The number of carbonyl (C=O) groups is 3. The third-order valence-electron chi connectivity index (χ3n) is 4.91. The topological polar surface area (TPSA) is 111 Å². The number of nitrogens with two attached hydrogens (primary N) is 1. The van der Waals surface area contributed by atoms with Crippen LogP contribution < -0.4 is 16.4 Å². The van der Waals surface area contributed by atoms with Crippen LogP contribution in [0.25, 0.3) is 0 Å². The van der Waals surface area contributed by atoms with Gasteiger partial charge < -0.3 is 21.1 Å². The third-order valence-corrected chi connectivity index (χ3v) is 4.91. The molecule has 1 unspecified atom stereocenters. The van der Waals surface area contributed by atoms with Crippen molar-refractivity contribution in [2.45, 2.75) is 38.7 Å². The Labute approximate surface area is 199 Å². The van der Waals surface area contributed by atoms with Crippen LogP contribution in [0, 0.1) is 0 Å². The zero-order chi connectivity index (χ0) is 24.7. The largest absolute Gasteiger partial charge is 0.459 e. The molecule has 0 spiro atoms. The average molecular weight is 460 g/mol. The summed E-state index contributed by atoms with van der Waals surface area (Å²) in [4.78, 5) is 36.8. The Balaban J connectivity index is 1.78. The molecular weight excluding hydrogens is 430 g/mol. The number of esters is 1. The minimum absolute atomic E-state index is 0.299. The van der Waals surface area contributed by atoms with Crippen molar-refractivity contribution in [3.05, 3.63) is 95.6 Å². The summed E-state index contributed by atoms with van der Waals surface area (Å²) in [6, 6.07) is 22.6. The predicted molar refractivity (Wildman–Crippen MR) is 133 cm³/mol. The first-order valence-electron chi connectivity index (χ1n) is 11.0. The molecule has 1 atom stereocenters. The minimum Gasteiger partial charge on any atom is -0.459 e. The highest BCUT2D eigenvalue weighted by atomic mass is 16.6. The summed E-state index contributed by atoms with van der Waals surface area (Å²) in [6.07, 6.45) is 0.417. The molecule has 0 saturated heterocycles. The summed E-state index contributed by atoms with van der Waals surface area (Å²) in [5.74, 6) is -1.12. The summed E-state index contributed by atoms with van der Waals surface area (Å²) in [6.45, 7) is 5.53. The zero-order valence-corrected chi connectivity index (χ0v) is 19.5. The number of ether oxygens (including phenoxy) is 1. The second-order valence-corrected chi connectivity index (χ2v) is 8.93. The van der Waals surface area contributed by atoms with Gasteiger partial charge in [0.05, 0.1) is 5.92 Å². The molecule has 4 N–H and O–H groups in total. The second kappa shape index (κ2) is 10.7. The Bertz CT molecular complexity index is 1170. The number of benzene rings is 3.